The van der Waals surface area contributed by atoms with E-state index in [0.717, 1.165) is 31.6 Å². The zero-order chi connectivity index (χ0) is 17.2. The second-order valence-electron chi connectivity index (χ2n) is 5.73. The zero-order valence-electron chi connectivity index (χ0n) is 13.3. The Morgan fingerprint density at radius 2 is 2.04 bits per heavy atom. The molecule has 0 bridgehead atoms. The van der Waals surface area contributed by atoms with Crippen molar-refractivity contribution >= 4 is 33.6 Å². The highest BCUT2D eigenvalue weighted by atomic mass is 123. The molecule has 7 heteroatoms. The van der Waals surface area contributed by atoms with E-state index in [1.165, 1.54) is 0 Å². The number of nitrogens with zero attached hydrogens (tertiary/aromatic N) is 5. The quantitative estimate of drug-likeness (QED) is 0.440. The lowest BCUT2D eigenvalue weighted by atomic mass is 10.2. The van der Waals surface area contributed by atoms with Crippen molar-refractivity contribution in [3.05, 3.63) is 64.5 Å². The average molecular weight is 443 g/mol. The summed E-state index contributed by atoms with van der Waals surface area (Å²) < 4.78 is 18.1. The molecule has 0 saturated heterocycles. The number of pyridine rings is 1. The van der Waals surface area contributed by atoms with Gasteiger partial charge in [-0.2, -0.15) is 0 Å². The highest BCUT2D eigenvalue weighted by Crippen LogP contribution is 2.26. The van der Waals surface area contributed by atoms with E-state index in [1.807, 2.05) is 45.8 Å². The number of alkyl halides is 1. The molecule has 0 aliphatic carbocycles. The van der Waals surface area contributed by atoms with Gasteiger partial charge in [-0.15, -0.1) is 0 Å². The Morgan fingerprint density at radius 1 is 1.12 bits per heavy atom. The lowest BCUT2D eigenvalue weighted by Crippen LogP contribution is -2.03. The first-order chi connectivity index (χ1) is 12.2. The van der Waals surface area contributed by atoms with Gasteiger partial charge >= 0.3 is 0 Å². The van der Waals surface area contributed by atoms with Crippen molar-refractivity contribution in [1.82, 2.24) is 24.1 Å². The predicted molar refractivity (Wildman–Crippen MR) is 103 cm³/mol. The van der Waals surface area contributed by atoms with Gasteiger partial charge in [0.15, 0.2) is 0 Å². The number of aryl methyl sites for hydroxylation is 1. The molecule has 5 nitrogen and oxygen atoms in total. The Bertz CT molecular complexity index is 1010. The largest absolute Gasteiger partial charge is 0.333 e. The van der Waals surface area contributed by atoms with E-state index >= 15 is 0 Å². The third-order valence-corrected chi connectivity index (χ3v) is 4.67. The van der Waals surface area contributed by atoms with Gasteiger partial charge in [0, 0.05) is 33.9 Å². The van der Waals surface area contributed by atoms with Crippen molar-refractivity contribution in [3.63, 3.8) is 0 Å². The summed E-state index contributed by atoms with van der Waals surface area (Å²) in [6.07, 6.45) is 9.03. The fraction of sp³-hybridized carbons (Fsp3) is 0.167. The first kappa shape index (κ1) is 16.2. The molecule has 0 aliphatic rings. The molecule has 1 aromatic carbocycles. The zero-order valence-corrected chi connectivity index (χ0v) is 15.5. The van der Waals surface area contributed by atoms with E-state index in [9.17, 15) is 4.39 Å². The Kier molecular flexibility index (Phi) is 4.48. The Labute approximate surface area is 157 Å². The molecule has 126 valence electrons. The molecular formula is C18H15FIN5. The minimum Gasteiger partial charge on any atom is -0.333 e. The highest BCUT2D eigenvalue weighted by molar-refractivity contribution is 14.1. The van der Waals surface area contributed by atoms with Crippen molar-refractivity contribution in [2.45, 2.75) is 13.1 Å². The fourth-order valence-corrected chi connectivity index (χ4v) is 3.39. The van der Waals surface area contributed by atoms with Crippen LogP contribution >= 0.6 is 22.6 Å². The second kappa shape index (κ2) is 6.91. The molecule has 4 rings (SSSR count). The molecule has 0 N–H and O–H groups in total. The summed E-state index contributed by atoms with van der Waals surface area (Å²) in [6, 6.07) is 8.06. The summed E-state index contributed by atoms with van der Waals surface area (Å²) in [5.74, 6) is 0.745. The van der Waals surface area contributed by atoms with Gasteiger partial charge < -0.3 is 9.13 Å². The molecule has 3 heterocycles. The molecule has 0 unspecified atom stereocenters. The molecule has 0 atom stereocenters. The molecule has 0 fully saturated rings. The third kappa shape index (κ3) is 3.28. The minimum atomic E-state index is -0.438. The molecule has 4 aromatic rings. The van der Waals surface area contributed by atoms with E-state index in [2.05, 4.69) is 32.6 Å². The van der Waals surface area contributed by atoms with Gasteiger partial charge in [0.05, 0.1) is 30.5 Å². The summed E-state index contributed by atoms with van der Waals surface area (Å²) >= 11 is 2.26. The maximum Gasteiger partial charge on any atom is 0.142 e. The number of imidazole rings is 2. The smallest absolute Gasteiger partial charge is 0.142 e. The topological polar surface area (TPSA) is 48.5 Å². The number of aromatic nitrogens is 5. The second-order valence-corrected chi connectivity index (χ2v) is 6.97. The number of rotatable bonds is 5. The summed E-state index contributed by atoms with van der Waals surface area (Å²) in [7, 11) is 0. The molecule has 0 spiro atoms. The van der Waals surface area contributed by atoms with Crippen LogP contribution in [0.3, 0.4) is 0 Å². The fourth-order valence-electron chi connectivity index (χ4n) is 2.91. The summed E-state index contributed by atoms with van der Waals surface area (Å²) in [6.45, 7) is 0.520. The first-order valence-electron chi connectivity index (χ1n) is 7.86. The Balaban J connectivity index is 1.79. The van der Waals surface area contributed by atoms with Crippen LogP contribution in [0.5, 0.6) is 0 Å². The Hall–Kier alpha value is -2.29. The lowest BCUT2D eigenvalue weighted by molar-refractivity contribution is 0.451. The third-order valence-electron chi connectivity index (χ3n) is 4.00. The Morgan fingerprint density at radius 3 is 2.84 bits per heavy atom. The van der Waals surface area contributed by atoms with Crippen LogP contribution < -0.4 is 0 Å². The van der Waals surface area contributed by atoms with Gasteiger partial charge in [-0.05, 0) is 52.4 Å². The highest BCUT2D eigenvalue weighted by Gasteiger charge is 2.14. The average Bonchev–Trinajstić information content (AvgIpc) is 3.24. The van der Waals surface area contributed by atoms with Gasteiger partial charge in [0.2, 0.25) is 0 Å². The SMILES string of the molecule is FCCn1c(-c2cncc(Cn3ccnc3)c2)nc2ccc([123I])cc21. The molecule has 0 amide bonds. The van der Waals surface area contributed by atoms with Crippen molar-refractivity contribution in [2.75, 3.05) is 6.67 Å². The van der Waals surface area contributed by atoms with Crippen LogP contribution in [0.15, 0.2) is 55.4 Å². The minimum absolute atomic E-state index is 0.275. The summed E-state index contributed by atoms with van der Waals surface area (Å²) in [4.78, 5) is 13.1. The lowest BCUT2D eigenvalue weighted by Gasteiger charge is -2.08. The van der Waals surface area contributed by atoms with E-state index in [0.29, 0.717) is 6.54 Å². The number of benzene rings is 1. The predicted octanol–water partition coefficient (Wildman–Crippen LogP) is 3.92. The monoisotopic (exact) mass is 443 g/mol. The molecule has 3 aromatic heterocycles. The number of hydrogen-bond donors (Lipinski definition) is 0. The van der Waals surface area contributed by atoms with Crippen molar-refractivity contribution in [2.24, 2.45) is 0 Å². The van der Waals surface area contributed by atoms with Gasteiger partial charge in [-0.1, -0.05) is 0 Å². The molecule has 25 heavy (non-hydrogen) atoms. The van der Waals surface area contributed by atoms with Crippen molar-refractivity contribution in [3.8, 4) is 11.4 Å². The normalized spacial score (nSPS) is 11.3. The van der Waals surface area contributed by atoms with Gasteiger partial charge in [-0.25, -0.2) is 14.4 Å². The molecular weight excluding hydrogens is 428 g/mol. The number of hydrogen-bond acceptors (Lipinski definition) is 3. The number of fused-ring (bicyclic) bond motifs is 1. The van der Waals surface area contributed by atoms with Crippen LogP contribution in [-0.2, 0) is 13.1 Å². The van der Waals surface area contributed by atoms with Crippen LogP contribution in [0.1, 0.15) is 5.56 Å². The van der Waals surface area contributed by atoms with E-state index in [-0.39, 0.29) is 6.54 Å². The first-order valence-corrected chi connectivity index (χ1v) is 8.94. The van der Waals surface area contributed by atoms with Crippen LogP contribution in [0.2, 0.25) is 0 Å². The van der Waals surface area contributed by atoms with Crippen LogP contribution in [0.4, 0.5) is 4.39 Å². The van der Waals surface area contributed by atoms with Gasteiger partial charge in [0.1, 0.15) is 12.5 Å². The maximum atomic E-state index is 13.1. The van der Waals surface area contributed by atoms with E-state index < -0.39 is 6.67 Å². The van der Waals surface area contributed by atoms with Gasteiger partial charge in [0.25, 0.3) is 0 Å². The molecule has 0 aliphatic heterocycles. The van der Waals surface area contributed by atoms with Crippen LogP contribution in [0.25, 0.3) is 22.4 Å². The standard InChI is InChI=1S/C18H15FIN5/c19-3-5-25-17-8-15(20)1-2-16(17)23-18(25)14-7-13(9-22-10-14)11-24-6-4-21-12-24/h1-2,4,6-10,12H,3,5,11H2/i20-4. The summed E-state index contributed by atoms with van der Waals surface area (Å²) in [5, 5.41) is 0. The van der Waals surface area contributed by atoms with Crippen molar-refractivity contribution < 1.29 is 4.39 Å². The molecule has 0 saturated carbocycles. The van der Waals surface area contributed by atoms with E-state index in [4.69, 9.17) is 4.98 Å². The maximum absolute atomic E-state index is 13.1. The van der Waals surface area contributed by atoms with Crippen molar-refractivity contribution in [1.29, 1.82) is 0 Å². The molecule has 0 radical (unpaired) electrons. The van der Waals surface area contributed by atoms with Gasteiger partial charge in [-0.3, -0.25) is 4.98 Å². The van der Waals surface area contributed by atoms with E-state index in [1.54, 1.807) is 18.7 Å². The number of halogens is 2. The summed E-state index contributed by atoms with van der Waals surface area (Å²) in [5.41, 5.74) is 3.74. The van der Waals surface area contributed by atoms with Crippen LogP contribution in [0, 0.1) is 3.57 Å². The van der Waals surface area contributed by atoms with Crippen LogP contribution in [-0.4, -0.2) is 30.8 Å².